The number of nitriles is 1. The van der Waals surface area contributed by atoms with Crippen LogP contribution in [0.1, 0.15) is 31.2 Å². The summed E-state index contributed by atoms with van der Waals surface area (Å²) >= 11 is 5.07. The molecule has 1 aliphatic rings. The smallest absolute Gasteiger partial charge is 0.227 e. The number of fused-ring (bicyclic) bond motifs is 1. The average Bonchev–Trinajstić information content (AvgIpc) is 3.61. The molecule has 1 saturated carbocycles. The van der Waals surface area contributed by atoms with Gasteiger partial charge in [0.2, 0.25) is 11.9 Å². The van der Waals surface area contributed by atoms with Crippen molar-refractivity contribution in [3.8, 4) is 22.3 Å². The Hall–Kier alpha value is -3.43. The number of aromatic nitrogens is 6. The quantitative estimate of drug-likeness (QED) is 0.354. The van der Waals surface area contributed by atoms with Crippen LogP contribution >= 0.6 is 27.3 Å². The van der Waals surface area contributed by atoms with E-state index in [4.69, 9.17) is 4.98 Å². The van der Waals surface area contributed by atoms with Gasteiger partial charge in [-0.1, -0.05) is 11.3 Å². The molecule has 3 heterocycles. The van der Waals surface area contributed by atoms with Crippen molar-refractivity contribution in [3.05, 3.63) is 40.1 Å². The minimum Gasteiger partial charge on any atom is -0.359 e. The zero-order valence-corrected chi connectivity index (χ0v) is 22.4. The lowest BCUT2D eigenvalue weighted by atomic mass is 9.74. The molecule has 1 aromatic carbocycles. The van der Waals surface area contributed by atoms with Crippen LogP contribution in [0.15, 0.2) is 35.1 Å². The molecular formula is C24H24BrN9OS. The van der Waals surface area contributed by atoms with Gasteiger partial charge in [0.15, 0.2) is 5.65 Å². The molecule has 1 fully saturated rings. The second-order valence-electron chi connectivity index (χ2n) is 8.98. The van der Waals surface area contributed by atoms with Gasteiger partial charge in [0, 0.05) is 24.8 Å². The highest BCUT2D eigenvalue weighted by Crippen LogP contribution is 2.45. The summed E-state index contributed by atoms with van der Waals surface area (Å²) in [5, 5.41) is 31.2. The molecule has 3 atom stereocenters. The van der Waals surface area contributed by atoms with E-state index in [0.29, 0.717) is 29.0 Å². The van der Waals surface area contributed by atoms with Gasteiger partial charge in [0.05, 0.1) is 28.5 Å². The van der Waals surface area contributed by atoms with E-state index >= 15 is 0 Å². The largest absolute Gasteiger partial charge is 0.359 e. The predicted molar refractivity (Wildman–Crippen MR) is 141 cm³/mol. The number of carbonyl (C=O) groups is 1. The topological polar surface area (TPSA) is 134 Å². The third kappa shape index (κ3) is 4.22. The molecule has 0 spiro atoms. The lowest BCUT2D eigenvalue weighted by Crippen LogP contribution is -2.42. The number of nitrogens with zero attached hydrogens (tertiary/aromatic N) is 7. The van der Waals surface area contributed by atoms with Gasteiger partial charge >= 0.3 is 0 Å². The van der Waals surface area contributed by atoms with Crippen molar-refractivity contribution < 1.29 is 4.79 Å². The van der Waals surface area contributed by atoms with Crippen LogP contribution in [0.4, 0.5) is 5.95 Å². The first kappa shape index (κ1) is 24.3. The summed E-state index contributed by atoms with van der Waals surface area (Å²) in [6.45, 7) is 3.75. The molecule has 0 aliphatic heterocycles. The fourth-order valence-electron chi connectivity index (χ4n) is 4.83. The highest BCUT2D eigenvalue weighted by Gasteiger charge is 2.49. The predicted octanol–water partition coefficient (Wildman–Crippen LogP) is 4.26. The van der Waals surface area contributed by atoms with Gasteiger partial charge in [-0.15, -0.1) is 10.2 Å². The minimum atomic E-state index is -0.719. The van der Waals surface area contributed by atoms with E-state index in [1.807, 2.05) is 38.1 Å². The standard InChI is InChI=1S/C24H24BrN9OS/c1-13(11-26)24(22(35)27-3)9-8-16(10-24)29-23-28-12-18-19(25)33-34(20(18)30-23)17-6-4-15(5-7-17)21-32-31-14(2)36-21/h4-7,12-13,16H,8-10H2,1-3H3,(H,27,35)(H,28,29,30)/t13-,16+,24+/m0/s1. The third-order valence-electron chi connectivity index (χ3n) is 6.85. The van der Waals surface area contributed by atoms with Crippen molar-refractivity contribution in [1.29, 1.82) is 5.26 Å². The molecule has 10 nitrogen and oxygen atoms in total. The molecule has 4 aromatic rings. The van der Waals surface area contributed by atoms with E-state index in [0.717, 1.165) is 33.1 Å². The Morgan fingerprint density at radius 3 is 2.78 bits per heavy atom. The average molecular weight is 566 g/mol. The van der Waals surface area contributed by atoms with E-state index in [1.165, 1.54) is 0 Å². The molecule has 12 heteroatoms. The Morgan fingerprint density at radius 1 is 1.33 bits per heavy atom. The van der Waals surface area contributed by atoms with Gasteiger partial charge in [0.1, 0.15) is 14.6 Å². The number of rotatable bonds is 6. The van der Waals surface area contributed by atoms with E-state index in [1.54, 1.807) is 29.3 Å². The molecule has 2 N–H and O–H groups in total. The van der Waals surface area contributed by atoms with E-state index < -0.39 is 11.3 Å². The fourth-order valence-corrected chi connectivity index (χ4v) is 5.96. The van der Waals surface area contributed by atoms with Crippen molar-refractivity contribution in [2.75, 3.05) is 12.4 Å². The van der Waals surface area contributed by atoms with Crippen molar-refractivity contribution in [3.63, 3.8) is 0 Å². The van der Waals surface area contributed by atoms with Crippen molar-refractivity contribution >= 4 is 50.2 Å². The second-order valence-corrected chi connectivity index (χ2v) is 10.9. The van der Waals surface area contributed by atoms with E-state index in [2.05, 4.69) is 52.9 Å². The number of carbonyl (C=O) groups excluding carboxylic acids is 1. The van der Waals surface area contributed by atoms with Crippen molar-refractivity contribution in [1.82, 2.24) is 35.3 Å². The zero-order valence-electron chi connectivity index (χ0n) is 20.0. The number of hydrogen-bond acceptors (Lipinski definition) is 9. The van der Waals surface area contributed by atoms with Crippen LogP contribution in [0.5, 0.6) is 0 Å². The van der Waals surface area contributed by atoms with Crippen LogP contribution in [0.25, 0.3) is 27.3 Å². The minimum absolute atomic E-state index is 0.0231. The number of nitrogens with one attached hydrogen (secondary N) is 2. The van der Waals surface area contributed by atoms with Gasteiger partial charge < -0.3 is 10.6 Å². The molecule has 3 aromatic heterocycles. The normalized spacial score (nSPS) is 20.2. The number of benzene rings is 1. The third-order valence-corrected chi connectivity index (χ3v) is 8.32. The summed E-state index contributed by atoms with van der Waals surface area (Å²) < 4.78 is 2.41. The monoisotopic (exact) mass is 565 g/mol. The van der Waals surface area contributed by atoms with Crippen LogP contribution in [0, 0.1) is 29.6 Å². The molecule has 184 valence electrons. The number of amides is 1. The van der Waals surface area contributed by atoms with Crippen LogP contribution < -0.4 is 10.6 Å². The first-order valence-corrected chi connectivity index (χ1v) is 13.2. The van der Waals surface area contributed by atoms with Gasteiger partial charge in [-0.25, -0.2) is 9.67 Å². The zero-order chi connectivity index (χ0) is 25.4. The van der Waals surface area contributed by atoms with Gasteiger partial charge in [-0.05, 0) is 73.3 Å². The Labute approximate surface area is 220 Å². The Balaban J connectivity index is 1.42. The molecule has 0 unspecified atom stereocenters. The summed E-state index contributed by atoms with van der Waals surface area (Å²) in [7, 11) is 1.62. The Kier molecular flexibility index (Phi) is 6.44. The number of anilines is 1. The highest BCUT2D eigenvalue weighted by molar-refractivity contribution is 9.10. The Bertz CT molecular complexity index is 1480. The molecule has 0 saturated heterocycles. The molecule has 36 heavy (non-hydrogen) atoms. The molecule has 5 rings (SSSR count). The first-order valence-electron chi connectivity index (χ1n) is 11.5. The fraction of sp³-hybridized carbons (Fsp3) is 0.375. The summed E-state index contributed by atoms with van der Waals surface area (Å²) in [4.78, 5) is 21.9. The van der Waals surface area contributed by atoms with Crippen LogP contribution in [0.3, 0.4) is 0 Å². The SMILES string of the molecule is CNC(=O)[C@]1([C@@H](C)C#N)CC[C@@H](Nc2ncc3c(Br)nn(-c4ccc(-c5nnc(C)s5)cc4)c3n2)C1. The van der Waals surface area contributed by atoms with E-state index in [9.17, 15) is 10.1 Å². The lowest BCUT2D eigenvalue weighted by molar-refractivity contribution is -0.132. The van der Waals surface area contributed by atoms with Gasteiger partial charge in [-0.3, -0.25) is 4.79 Å². The summed E-state index contributed by atoms with van der Waals surface area (Å²) in [6, 6.07) is 10.2. The molecule has 0 bridgehead atoms. The molecule has 1 amide bonds. The van der Waals surface area contributed by atoms with Crippen LogP contribution in [-0.2, 0) is 4.79 Å². The first-order chi connectivity index (χ1) is 17.3. The highest BCUT2D eigenvalue weighted by atomic mass is 79.9. The van der Waals surface area contributed by atoms with Gasteiger partial charge in [-0.2, -0.15) is 15.3 Å². The number of halogens is 1. The summed E-state index contributed by atoms with van der Waals surface area (Å²) in [6.07, 6.45) is 3.65. The van der Waals surface area contributed by atoms with Gasteiger partial charge in [0.25, 0.3) is 0 Å². The Morgan fingerprint density at radius 2 is 2.11 bits per heavy atom. The maximum Gasteiger partial charge on any atom is 0.227 e. The summed E-state index contributed by atoms with van der Waals surface area (Å²) in [5.74, 6) is -0.0251. The van der Waals surface area contributed by atoms with Crippen molar-refractivity contribution in [2.45, 2.75) is 39.2 Å². The lowest BCUT2D eigenvalue weighted by Gasteiger charge is -2.29. The van der Waals surface area contributed by atoms with E-state index in [-0.39, 0.29) is 11.9 Å². The maximum atomic E-state index is 12.7. The number of hydrogen-bond donors (Lipinski definition) is 2. The second kappa shape index (κ2) is 9.55. The number of aryl methyl sites for hydroxylation is 1. The van der Waals surface area contributed by atoms with Crippen LogP contribution in [0.2, 0.25) is 0 Å². The van der Waals surface area contributed by atoms with Crippen LogP contribution in [-0.4, -0.2) is 48.9 Å². The van der Waals surface area contributed by atoms with Crippen molar-refractivity contribution in [2.24, 2.45) is 11.3 Å². The molecule has 1 aliphatic carbocycles. The summed E-state index contributed by atoms with van der Waals surface area (Å²) in [5.41, 5.74) is 1.77. The maximum absolute atomic E-state index is 12.7. The molecular weight excluding hydrogens is 542 g/mol. The molecule has 0 radical (unpaired) electrons.